The van der Waals surface area contributed by atoms with E-state index in [4.69, 9.17) is 0 Å². The molecule has 0 saturated carbocycles. The lowest BCUT2D eigenvalue weighted by molar-refractivity contribution is -0.120. The molecule has 0 bridgehead atoms. The van der Waals surface area contributed by atoms with Crippen LogP contribution in [0.25, 0.3) is 0 Å². The quantitative estimate of drug-likeness (QED) is 0.761. The van der Waals surface area contributed by atoms with Gasteiger partial charge in [-0.15, -0.1) is 0 Å². The standard InChI is InChI=1S/C13H22N2O2/c1-3-5-12(16)11-7-9-15(10-11)8-4-6-13(17)14-2/h7,9-10,12,16H,3-6,8H2,1-2H3,(H,14,17). The molecule has 17 heavy (non-hydrogen) atoms. The van der Waals surface area contributed by atoms with Gasteiger partial charge >= 0.3 is 0 Å². The summed E-state index contributed by atoms with van der Waals surface area (Å²) >= 11 is 0. The lowest BCUT2D eigenvalue weighted by Crippen LogP contribution is -2.17. The van der Waals surface area contributed by atoms with Gasteiger partial charge in [0.05, 0.1) is 6.10 Å². The van der Waals surface area contributed by atoms with Crippen LogP contribution in [0.4, 0.5) is 0 Å². The lowest BCUT2D eigenvalue weighted by atomic mass is 10.1. The summed E-state index contributed by atoms with van der Waals surface area (Å²) in [7, 11) is 1.65. The van der Waals surface area contributed by atoms with Gasteiger partial charge < -0.3 is 15.0 Å². The number of carbonyl (C=O) groups is 1. The van der Waals surface area contributed by atoms with Crippen LogP contribution in [0.5, 0.6) is 0 Å². The number of hydrogen-bond acceptors (Lipinski definition) is 2. The first-order valence-electron chi connectivity index (χ1n) is 6.21. The summed E-state index contributed by atoms with van der Waals surface area (Å²) in [5, 5.41) is 12.4. The van der Waals surface area contributed by atoms with E-state index in [1.165, 1.54) is 0 Å². The molecule has 4 nitrogen and oxygen atoms in total. The summed E-state index contributed by atoms with van der Waals surface area (Å²) in [6, 6.07) is 1.94. The van der Waals surface area contributed by atoms with E-state index in [2.05, 4.69) is 12.2 Å². The molecule has 0 aliphatic rings. The maximum atomic E-state index is 11.0. The van der Waals surface area contributed by atoms with E-state index >= 15 is 0 Å². The second kappa shape index (κ2) is 7.12. The lowest BCUT2D eigenvalue weighted by Gasteiger charge is -2.06. The van der Waals surface area contributed by atoms with E-state index in [1.807, 2.05) is 23.0 Å². The van der Waals surface area contributed by atoms with E-state index < -0.39 is 0 Å². The molecular weight excluding hydrogens is 216 g/mol. The number of amides is 1. The Morgan fingerprint density at radius 3 is 3.00 bits per heavy atom. The van der Waals surface area contributed by atoms with Crippen LogP contribution in [0, 0.1) is 0 Å². The third-order valence-electron chi connectivity index (χ3n) is 2.82. The van der Waals surface area contributed by atoms with E-state index in [-0.39, 0.29) is 12.0 Å². The van der Waals surface area contributed by atoms with Crippen LogP contribution in [-0.4, -0.2) is 22.6 Å². The Morgan fingerprint density at radius 1 is 1.59 bits per heavy atom. The van der Waals surface area contributed by atoms with Crippen molar-refractivity contribution in [3.05, 3.63) is 24.0 Å². The van der Waals surface area contributed by atoms with Crippen LogP contribution >= 0.6 is 0 Å². The van der Waals surface area contributed by atoms with Gasteiger partial charge in [-0.2, -0.15) is 0 Å². The average molecular weight is 238 g/mol. The van der Waals surface area contributed by atoms with Crippen LogP contribution in [-0.2, 0) is 11.3 Å². The fourth-order valence-electron chi connectivity index (χ4n) is 1.78. The first-order chi connectivity index (χ1) is 8.17. The summed E-state index contributed by atoms with van der Waals surface area (Å²) in [4.78, 5) is 11.0. The van der Waals surface area contributed by atoms with Gasteiger partial charge in [0.25, 0.3) is 0 Å². The zero-order valence-electron chi connectivity index (χ0n) is 10.6. The van der Waals surface area contributed by atoms with E-state index in [0.717, 1.165) is 31.4 Å². The number of aromatic nitrogens is 1. The van der Waals surface area contributed by atoms with Crippen LogP contribution in [0.15, 0.2) is 18.5 Å². The van der Waals surface area contributed by atoms with Crippen LogP contribution in [0.3, 0.4) is 0 Å². The van der Waals surface area contributed by atoms with Crippen LogP contribution in [0.2, 0.25) is 0 Å². The Morgan fingerprint density at radius 2 is 2.35 bits per heavy atom. The zero-order chi connectivity index (χ0) is 12.7. The van der Waals surface area contributed by atoms with Gasteiger partial charge in [0.2, 0.25) is 5.91 Å². The molecule has 0 saturated heterocycles. The highest BCUT2D eigenvalue weighted by Gasteiger charge is 2.07. The van der Waals surface area contributed by atoms with E-state index in [9.17, 15) is 9.90 Å². The van der Waals surface area contributed by atoms with Gasteiger partial charge in [0.15, 0.2) is 0 Å². The number of aliphatic hydroxyl groups excluding tert-OH is 1. The Bertz CT molecular complexity index is 347. The summed E-state index contributed by atoms with van der Waals surface area (Å²) in [6.07, 6.45) is 6.69. The monoisotopic (exact) mass is 238 g/mol. The maximum Gasteiger partial charge on any atom is 0.219 e. The number of aliphatic hydroxyl groups is 1. The predicted molar refractivity (Wildman–Crippen MR) is 67.6 cm³/mol. The Labute approximate surface area is 103 Å². The second-order valence-corrected chi connectivity index (χ2v) is 4.26. The molecule has 0 radical (unpaired) electrons. The molecule has 0 fully saturated rings. The molecule has 1 heterocycles. The van der Waals surface area contributed by atoms with Crippen molar-refractivity contribution in [2.24, 2.45) is 0 Å². The largest absolute Gasteiger partial charge is 0.388 e. The van der Waals surface area contributed by atoms with Crippen LogP contribution < -0.4 is 5.32 Å². The normalized spacial score (nSPS) is 12.4. The number of hydrogen-bond donors (Lipinski definition) is 2. The average Bonchev–Trinajstić information content (AvgIpc) is 2.78. The number of nitrogens with one attached hydrogen (secondary N) is 1. The topological polar surface area (TPSA) is 54.3 Å². The molecule has 1 unspecified atom stereocenters. The predicted octanol–water partition coefficient (Wildman–Crippen LogP) is 1.85. The highest BCUT2D eigenvalue weighted by molar-refractivity contribution is 5.75. The third kappa shape index (κ3) is 4.61. The van der Waals surface area contributed by atoms with Gasteiger partial charge in [-0.1, -0.05) is 13.3 Å². The Kier molecular flexibility index (Phi) is 5.77. The highest BCUT2D eigenvalue weighted by atomic mass is 16.3. The van der Waals surface area contributed by atoms with Crippen LogP contribution in [0.1, 0.15) is 44.3 Å². The molecule has 2 N–H and O–H groups in total. The van der Waals surface area contributed by atoms with Crippen molar-refractivity contribution in [2.45, 2.75) is 45.3 Å². The van der Waals surface area contributed by atoms with Gasteiger partial charge in [-0.3, -0.25) is 4.79 Å². The van der Waals surface area contributed by atoms with E-state index in [0.29, 0.717) is 6.42 Å². The van der Waals surface area contributed by atoms with Gasteiger partial charge in [0.1, 0.15) is 0 Å². The van der Waals surface area contributed by atoms with Gasteiger partial charge in [-0.05, 0) is 24.5 Å². The van der Waals surface area contributed by atoms with Crippen molar-refractivity contribution < 1.29 is 9.90 Å². The minimum Gasteiger partial charge on any atom is -0.388 e. The molecule has 1 aromatic heterocycles. The molecule has 0 spiro atoms. The molecule has 0 aliphatic carbocycles. The minimum absolute atomic E-state index is 0.0726. The minimum atomic E-state index is -0.361. The summed E-state index contributed by atoms with van der Waals surface area (Å²) < 4.78 is 2.02. The molecule has 1 aromatic rings. The third-order valence-corrected chi connectivity index (χ3v) is 2.82. The zero-order valence-corrected chi connectivity index (χ0v) is 10.6. The molecule has 0 aromatic carbocycles. The summed E-state index contributed by atoms with van der Waals surface area (Å²) in [6.45, 7) is 2.87. The fraction of sp³-hybridized carbons (Fsp3) is 0.615. The first-order valence-corrected chi connectivity index (χ1v) is 6.21. The van der Waals surface area contributed by atoms with Crippen molar-refractivity contribution in [1.29, 1.82) is 0 Å². The SMILES string of the molecule is CCCC(O)c1ccn(CCCC(=O)NC)c1. The molecule has 4 heteroatoms. The summed E-state index contributed by atoms with van der Waals surface area (Å²) in [5.74, 6) is 0.0726. The molecule has 1 amide bonds. The number of nitrogens with zero attached hydrogens (tertiary/aromatic N) is 1. The van der Waals surface area contributed by atoms with Gasteiger partial charge in [0, 0.05) is 32.4 Å². The number of carbonyl (C=O) groups excluding carboxylic acids is 1. The van der Waals surface area contributed by atoms with Crippen molar-refractivity contribution in [1.82, 2.24) is 9.88 Å². The molecule has 1 rings (SSSR count). The molecule has 1 atom stereocenters. The fourth-order valence-corrected chi connectivity index (χ4v) is 1.78. The maximum absolute atomic E-state index is 11.0. The highest BCUT2D eigenvalue weighted by Crippen LogP contribution is 2.18. The van der Waals surface area contributed by atoms with Crippen molar-refractivity contribution in [2.75, 3.05) is 7.05 Å². The van der Waals surface area contributed by atoms with E-state index in [1.54, 1.807) is 7.05 Å². The van der Waals surface area contributed by atoms with Gasteiger partial charge in [-0.25, -0.2) is 0 Å². The Balaban J connectivity index is 2.38. The van der Waals surface area contributed by atoms with Crippen molar-refractivity contribution in [3.8, 4) is 0 Å². The summed E-state index contributed by atoms with van der Waals surface area (Å²) in [5.41, 5.74) is 0.965. The van der Waals surface area contributed by atoms with Crippen molar-refractivity contribution >= 4 is 5.91 Å². The smallest absolute Gasteiger partial charge is 0.219 e. The molecule has 96 valence electrons. The number of rotatable bonds is 7. The second-order valence-electron chi connectivity index (χ2n) is 4.26. The molecular formula is C13H22N2O2. The molecule has 0 aliphatic heterocycles. The Hall–Kier alpha value is -1.29. The first kappa shape index (κ1) is 13.8. The number of aryl methyl sites for hydroxylation is 1. The van der Waals surface area contributed by atoms with Crippen molar-refractivity contribution in [3.63, 3.8) is 0 Å².